The molecule has 2 fully saturated rings. The van der Waals surface area contributed by atoms with Crippen molar-refractivity contribution in [1.82, 2.24) is 16.0 Å². The summed E-state index contributed by atoms with van der Waals surface area (Å²) in [6.07, 6.45) is 5.16. The van der Waals surface area contributed by atoms with Crippen LogP contribution in [0.2, 0.25) is 0 Å². The molecule has 1 amide bonds. The van der Waals surface area contributed by atoms with Crippen molar-refractivity contribution >= 4 is 51.8 Å². The van der Waals surface area contributed by atoms with E-state index in [2.05, 4.69) is 61.1 Å². The third-order valence-electron chi connectivity index (χ3n) is 5.45. The molecule has 2 aliphatic carbocycles. The molecule has 0 aliphatic heterocycles. The van der Waals surface area contributed by atoms with Gasteiger partial charge in [-0.25, -0.2) is 0 Å². The normalized spacial score (nSPS) is 27.0. The molecular weight excluding hydrogens is 531 g/mol. The van der Waals surface area contributed by atoms with Gasteiger partial charge in [0.1, 0.15) is 0 Å². The van der Waals surface area contributed by atoms with E-state index in [-0.39, 0.29) is 41.8 Å². The first-order chi connectivity index (χ1) is 13.0. The Morgan fingerprint density at radius 3 is 2.50 bits per heavy atom. The first-order valence-corrected chi connectivity index (χ1v) is 10.8. The van der Waals surface area contributed by atoms with Crippen LogP contribution < -0.4 is 16.0 Å². The number of amides is 1. The van der Waals surface area contributed by atoms with Gasteiger partial charge in [-0.15, -0.1) is 24.0 Å². The van der Waals surface area contributed by atoms with Gasteiger partial charge in [0, 0.05) is 41.5 Å². The standard InChI is InChI=1S/C21H31BrN4O.HI/c1-13(2)24-20(27)15-5-4-6-17(11-15)25-21(23-3)26-19-12-18(19)14-7-9-16(22)10-8-14;/h7-10,13,15,17-19H,4-6,11-12H2,1-3H3,(H,24,27)(H2,23,25,26);1H. The topological polar surface area (TPSA) is 65.5 Å². The van der Waals surface area contributed by atoms with Gasteiger partial charge in [-0.1, -0.05) is 34.5 Å². The van der Waals surface area contributed by atoms with Gasteiger partial charge in [0.25, 0.3) is 0 Å². The van der Waals surface area contributed by atoms with Crippen molar-refractivity contribution in [1.29, 1.82) is 0 Å². The van der Waals surface area contributed by atoms with Crippen molar-refractivity contribution in [3.8, 4) is 0 Å². The van der Waals surface area contributed by atoms with E-state index >= 15 is 0 Å². The summed E-state index contributed by atoms with van der Waals surface area (Å²) in [5.74, 6) is 1.70. The van der Waals surface area contributed by atoms with Gasteiger partial charge in [-0.05, 0) is 57.2 Å². The molecule has 0 saturated heterocycles. The lowest BCUT2D eigenvalue weighted by Crippen LogP contribution is -2.48. The van der Waals surface area contributed by atoms with Crippen LogP contribution in [0.5, 0.6) is 0 Å². The summed E-state index contributed by atoms with van der Waals surface area (Å²) in [6.45, 7) is 4.03. The van der Waals surface area contributed by atoms with Crippen LogP contribution in [0.1, 0.15) is 57.4 Å². The second-order valence-corrected chi connectivity index (χ2v) is 9.00. The zero-order chi connectivity index (χ0) is 19.4. The number of aliphatic imine (C=N–C) groups is 1. The highest BCUT2D eigenvalue weighted by Gasteiger charge is 2.39. The first kappa shape index (κ1) is 23.4. The number of guanidine groups is 1. The smallest absolute Gasteiger partial charge is 0.223 e. The number of carbonyl (C=O) groups excluding carboxylic acids is 1. The van der Waals surface area contributed by atoms with Crippen molar-refractivity contribution in [2.24, 2.45) is 10.9 Å². The fraction of sp³-hybridized carbons (Fsp3) is 0.619. The summed E-state index contributed by atoms with van der Waals surface area (Å²) < 4.78 is 1.11. The van der Waals surface area contributed by atoms with Gasteiger partial charge >= 0.3 is 0 Å². The summed E-state index contributed by atoms with van der Waals surface area (Å²) in [7, 11) is 1.82. The summed E-state index contributed by atoms with van der Waals surface area (Å²) in [6, 6.07) is 9.51. The highest BCUT2D eigenvalue weighted by Crippen LogP contribution is 2.41. The molecule has 0 radical (unpaired) electrons. The van der Waals surface area contributed by atoms with Crippen molar-refractivity contribution in [3.05, 3.63) is 34.3 Å². The lowest BCUT2D eigenvalue weighted by atomic mass is 9.85. The lowest BCUT2D eigenvalue weighted by molar-refractivity contribution is -0.126. The van der Waals surface area contributed by atoms with Crippen LogP contribution in [0.15, 0.2) is 33.7 Å². The second kappa shape index (κ2) is 10.8. The third kappa shape index (κ3) is 6.61. The van der Waals surface area contributed by atoms with E-state index in [1.807, 2.05) is 20.9 Å². The maximum absolute atomic E-state index is 12.3. The van der Waals surface area contributed by atoms with E-state index in [4.69, 9.17) is 0 Å². The number of halogens is 2. The molecule has 28 heavy (non-hydrogen) atoms. The Hall–Kier alpha value is -0.830. The third-order valence-corrected chi connectivity index (χ3v) is 5.98. The van der Waals surface area contributed by atoms with E-state index < -0.39 is 0 Å². The molecule has 1 aromatic carbocycles. The Balaban J connectivity index is 0.00000280. The Labute approximate surface area is 194 Å². The molecule has 0 bridgehead atoms. The Morgan fingerprint density at radius 1 is 1.14 bits per heavy atom. The molecule has 1 aromatic rings. The molecule has 4 atom stereocenters. The van der Waals surface area contributed by atoms with Crippen LogP contribution in [-0.4, -0.2) is 37.0 Å². The minimum atomic E-state index is 0. The molecule has 2 saturated carbocycles. The summed E-state index contributed by atoms with van der Waals surface area (Å²) in [5, 5.41) is 10.2. The maximum atomic E-state index is 12.3. The molecule has 5 nitrogen and oxygen atoms in total. The fourth-order valence-electron chi connectivity index (χ4n) is 3.93. The lowest BCUT2D eigenvalue weighted by Gasteiger charge is -2.30. The monoisotopic (exact) mass is 562 g/mol. The van der Waals surface area contributed by atoms with Gasteiger partial charge < -0.3 is 16.0 Å². The van der Waals surface area contributed by atoms with Gasteiger partial charge in [0.05, 0.1) is 0 Å². The largest absolute Gasteiger partial charge is 0.354 e. The van der Waals surface area contributed by atoms with Crippen LogP contribution in [0.3, 0.4) is 0 Å². The van der Waals surface area contributed by atoms with E-state index in [0.29, 0.717) is 18.0 Å². The number of carbonyl (C=O) groups is 1. The molecule has 156 valence electrons. The molecular formula is C21H32BrIN4O. The highest BCUT2D eigenvalue weighted by atomic mass is 127. The Morgan fingerprint density at radius 2 is 1.86 bits per heavy atom. The summed E-state index contributed by atoms with van der Waals surface area (Å²) >= 11 is 3.49. The quantitative estimate of drug-likeness (QED) is 0.287. The molecule has 0 spiro atoms. The number of rotatable bonds is 5. The molecule has 7 heteroatoms. The predicted molar refractivity (Wildman–Crippen MR) is 129 cm³/mol. The SMILES string of the molecule is CN=C(NC1CCCC(C(=O)NC(C)C)C1)NC1CC1c1ccc(Br)cc1.I. The predicted octanol–water partition coefficient (Wildman–Crippen LogP) is 4.17. The molecule has 3 rings (SSSR count). The zero-order valence-electron chi connectivity index (χ0n) is 16.9. The molecule has 2 aliphatic rings. The minimum Gasteiger partial charge on any atom is -0.354 e. The number of hydrogen-bond acceptors (Lipinski definition) is 2. The van der Waals surface area contributed by atoms with Crippen LogP contribution in [-0.2, 0) is 4.79 Å². The van der Waals surface area contributed by atoms with Crippen LogP contribution in [0.4, 0.5) is 0 Å². The van der Waals surface area contributed by atoms with Crippen molar-refractivity contribution in [3.63, 3.8) is 0 Å². The zero-order valence-corrected chi connectivity index (χ0v) is 20.8. The van der Waals surface area contributed by atoms with Gasteiger partial charge in [0.15, 0.2) is 5.96 Å². The van der Waals surface area contributed by atoms with Gasteiger partial charge in [0.2, 0.25) is 5.91 Å². The van der Waals surface area contributed by atoms with Crippen LogP contribution in [0.25, 0.3) is 0 Å². The fourth-order valence-corrected chi connectivity index (χ4v) is 4.20. The second-order valence-electron chi connectivity index (χ2n) is 8.08. The van der Waals surface area contributed by atoms with Crippen molar-refractivity contribution in [2.45, 2.75) is 70.0 Å². The van der Waals surface area contributed by atoms with Crippen molar-refractivity contribution < 1.29 is 4.79 Å². The van der Waals surface area contributed by atoms with Gasteiger partial charge in [-0.3, -0.25) is 9.79 Å². The average molecular weight is 563 g/mol. The molecule has 3 N–H and O–H groups in total. The van der Waals surface area contributed by atoms with Crippen LogP contribution >= 0.6 is 39.9 Å². The molecule has 0 aromatic heterocycles. The van der Waals surface area contributed by atoms with E-state index in [0.717, 1.165) is 42.5 Å². The van der Waals surface area contributed by atoms with E-state index in [1.54, 1.807) is 0 Å². The number of nitrogens with one attached hydrogen (secondary N) is 3. The van der Waals surface area contributed by atoms with Crippen LogP contribution in [0, 0.1) is 5.92 Å². The van der Waals surface area contributed by atoms with E-state index in [9.17, 15) is 4.79 Å². The minimum absolute atomic E-state index is 0. The van der Waals surface area contributed by atoms with Gasteiger partial charge in [-0.2, -0.15) is 0 Å². The number of hydrogen-bond donors (Lipinski definition) is 3. The first-order valence-electron chi connectivity index (χ1n) is 10.0. The average Bonchev–Trinajstić information content (AvgIpc) is 3.40. The highest BCUT2D eigenvalue weighted by molar-refractivity contribution is 14.0. The molecule has 4 unspecified atom stereocenters. The summed E-state index contributed by atoms with van der Waals surface area (Å²) in [4.78, 5) is 16.7. The van der Waals surface area contributed by atoms with Crippen molar-refractivity contribution in [2.75, 3.05) is 7.05 Å². The number of benzene rings is 1. The summed E-state index contributed by atoms with van der Waals surface area (Å²) in [5.41, 5.74) is 1.37. The molecule has 0 heterocycles. The Kier molecular flexibility index (Phi) is 9.05. The van der Waals surface area contributed by atoms with E-state index in [1.165, 1.54) is 5.56 Å². The Bertz CT molecular complexity index is 679. The maximum Gasteiger partial charge on any atom is 0.223 e. The number of nitrogens with zero attached hydrogens (tertiary/aromatic N) is 1.